The first kappa shape index (κ1) is 17.7. The maximum atomic E-state index is 12.6. The van der Waals surface area contributed by atoms with Gasteiger partial charge in [0, 0.05) is 13.1 Å². The van der Waals surface area contributed by atoms with Crippen LogP contribution < -0.4 is 10.8 Å². The van der Waals surface area contributed by atoms with Crippen LogP contribution in [0.2, 0.25) is 0 Å². The minimum Gasteiger partial charge on any atom is -0.317 e. The first-order valence-corrected chi connectivity index (χ1v) is 8.53. The van der Waals surface area contributed by atoms with Gasteiger partial charge >= 0.3 is 6.03 Å². The number of likely N-dealkylation sites (N-methyl/N-ethyl adjacent to an activating group) is 1. The zero-order valence-corrected chi connectivity index (χ0v) is 14.3. The highest BCUT2D eigenvalue weighted by molar-refractivity contribution is 5.88. The molecule has 2 fully saturated rings. The molecule has 2 heterocycles. The van der Waals surface area contributed by atoms with Gasteiger partial charge in [-0.15, -0.1) is 0 Å². The van der Waals surface area contributed by atoms with E-state index in [0.29, 0.717) is 32.7 Å². The Balaban J connectivity index is 1.54. The van der Waals surface area contributed by atoms with Crippen molar-refractivity contribution in [1.82, 2.24) is 20.8 Å². The lowest BCUT2D eigenvalue weighted by atomic mass is 10.0. The average Bonchev–Trinajstić information content (AvgIpc) is 2.88. The number of rotatable bonds is 8. The van der Waals surface area contributed by atoms with Gasteiger partial charge in [0.25, 0.3) is 5.91 Å². The van der Waals surface area contributed by atoms with Crippen LogP contribution in [0.1, 0.15) is 18.4 Å². The SMILES string of the molecule is CNCCONC(=O)[C@@H]1CC[C@@H]2CN1C(=O)N2OCc1ccccc1. The van der Waals surface area contributed by atoms with Crippen LogP contribution in [0.25, 0.3) is 0 Å². The summed E-state index contributed by atoms with van der Waals surface area (Å²) in [5, 5.41) is 4.34. The number of carbonyl (C=O) groups is 2. The monoisotopic (exact) mass is 348 g/mol. The van der Waals surface area contributed by atoms with Gasteiger partial charge in [0.15, 0.2) is 0 Å². The molecule has 8 heteroatoms. The fourth-order valence-corrected chi connectivity index (χ4v) is 3.13. The molecular weight excluding hydrogens is 324 g/mol. The topological polar surface area (TPSA) is 83.1 Å². The fraction of sp³-hybridized carbons (Fsp3) is 0.529. The summed E-state index contributed by atoms with van der Waals surface area (Å²) in [5.74, 6) is -0.284. The van der Waals surface area contributed by atoms with Gasteiger partial charge in [-0.05, 0) is 25.5 Å². The maximum absolute atomic E-state index is 12.6. The summed E-state index contributed by atoms with van der Waals surface area (Å²) >= 11 is 0. The van der Waals surface area contributed by atoms with E-state index in [9.17, 15) is 9.59 Å². The van der Waals surface area contributed by atoms with Crippen LogP contribution in [0.4, 0.5) is 4.79 Å². The molecule has 0 saturated carbocycles. The summed E-state index contributed by atoms with van der Waals surface area (Å²) in [6, 6.07) is 8.92. The molecule has 3 rings (SSSR count). The van der Waals surface area contributed by atoms with E-state index >= 15 is 0 Å². The summed E-state index contributed by atoms with van der Waals surface area (Å²) in [7, 11) is 1.80. The van der Waals surface area contributed by atoms with E-state index in [4.69, 9.17) is 9.68 Å². The van der Waals surface area contributed by atoms with E-state index in [1.165, 1.54) is 5.06 Å². The number of hydroxylamine groups is 3. The molecule has 2 N–H and O–H groups in total. The third kappa shape index (κ3) is 4.09. The second kappa shape index (κ2) is 8.28. The van der Waals surface area contributed by atoms with Gasteiger partial charge in [-0.2, -0.15) is 5.06 Å². The predicted octanol–water partition coefficient (Wildman–Crippen LogP) is 0.654. The van der Waals surface area contributed by atoms with Crippen molar-refractivity contribution in [3.63, 3.8) is 0 Å². The molecule has 1 aromatic carbocycles. The molecule has 2 saturated heterocycles. The number of hydrogen-bond donors (Lipinski definition) is 2. The number of hydrogen-bond acceptors (Lipinski definition) is 5. The van der Waals surface area contributed by atoms with E-state index < -0.39 is 6.04 Å². The van der Waals surface area contributed by atoms with Gasteiger partial charge in [-0.3, -0.25) is 14.5 Å². The van der Waals surface area contributed by atoms with Crippen LogP contribution in [0.3, 0.4) is 0 Å². The Morgan fingerprint density at radius 3 is 2.84 bits per heavy atom. The smallest absolute Gasteiger partial charge is 0.317 e. The molecule has 3 amide bonds. The van der Waals surface area contributed by atoms with Gasteiger partial charge in [0.2, 0.25) is 0 Å². The van der Waals surface area contributed by atoms with Gasteiger partial charge in [-0.1, -0.05) is 30.3 Å². The second-order valence-corrected chi connectivity index (χ2v) is 6.19. The number of nitrogens with one attached hydrogen (secondary N) is 2. The fourth-order valence-electron chi connectivity index (χ4n) is 3.13. The molecule has 0 radical (unpaired) electrons. The highest BCUT2D eigenvalue weighted by Gasteiger charge is 2.47. The number of urea groups is 1. The quantitative estimate of drug-likeness (QED) is 0.533. The molecule has 0 unspecified atom stereocenters. The summed E-state index contributed by atoms with van der Waals surface area (Å²) in [6.45, 7) is 1.84. The zero-order chi connectivity index (χ0) is 17.6. The van der Waals surface area contributed by atoms with Gasteiger partial charge < -0.3 is 10.2 Å². The molecule has 2 aliphatic heterocycles. The summed E-state index contributed by atoms with van der Waals surface area (Å²) in [6.07, 6.45) is 1.33. The first-order valence-electron chi connectivity index (χ1n) is 8.53. The van der Waals surface area contributed by atoms with Gasteiger partial charge in [-0.25, -0.2) is 10.3 Å². The Labute approximate surface area is 147 Å². The van der Waals surface area contributed by atoms with Crippen molar-refractivity contribution in [3.05, 3.63) is 35.9 Å². The number of amides is 3. The lowest BCUT2D eigenvalue weighted by molar-refractivity contribution is -0.141. The molecule has 2 aliphatic rings. The highest BCUT2D eigenvalue weighted by atomic mass is 16.7. The Kier molecular flexibility index (Phi) is 5.85. The maximum Gasteiger partial charge on any atom is 0.345 e. The van der Waals surface area contributed by atoms with Crippen LogP contribution >= 0.6 is 0 Å². The van der Waals surface area contributed by atoms with Crippen LogP contribution in [-0.2, 0) is 21.1 Å². The molecular formula is C17H24N4O4. The van der Waals surface area contributed by atoms with E-state index in [0.717, 1.165) is 12.0 Å². The van der Waals surface area contributed by atoms with E-state index in [2.05, 4.69) is 10.8 Å². The third-order valence-electron chi connectivity index (χ3n) is 4.47. The molecule has 0 spiro atoms. The van der Waals surface area contributed by atoms with Crippen molar-refractivity contribution in [1.29, 1.82) is 0 Å². The molecule has 8 nitrogen and oxygen atoms in total. The van der Waals surface area contributed by atoms with Crippen molar-refractivity contribution in [2.45, 2.75) is 31.5 Å². The van der Waals surface area contributed by atoms with Crippen molar-refractivity contribution >= 4 is 11.9 Å². The standard InChI is InChI=1S/C17H24N4O4/c1-18-9-10-24-19-16(22)15-8-7-14-11-20(15)17(23)21(14)25-12-13-5-3-2-4-6-13/h2-6,14-15,18H,7-12H2,1H3,(H,19,22)/t14-,15+/m1/s1. The van der Waals surface area contributed by atoms with Crippen LogP contribution in [0, 0.1) is 0 Å². The Morgan fingerprint density at radius 1 is 1.28 bits per heavy atom. The largest absolute Gasteiger partial charge is 0.345 e. The Bertz CT molecular complexity index is 598. The lowest BCUT2D eigenvalue weighted by Gasteiger charge is -2.28. The zero-order valence-electron chi connectivity index (χ0n) is 14.3. The highest BCUT2D eigenvalue weighted by Crippen LogP contribution is 2.30. The van der Waals surface area contributed by atoms with E-state index in [1.807, 2.05) is 30.3 Å². The molecule has 0 aromatic heterocycles. The number of piperidine rings is 1. The summed E-state index contributed by atoms with van der Waals surface area (Å²) in [5.41, 5.74) is 3.43. The summed E-state index contributed by atoms with van der Waals surface area (Å²) < 4.78 is 0. The van der Waals surface area contributed by atoms with Gasteiger partial charge in [0.05, 0.1) is 12.6 Å². The van der Waals surface area contributed by atoms with Crippen LogP contribution in [-0.4, -0.2) is 60.7 Å². The normalized spacial score (nSPS) is 22.4. The third-order valence-corrected chi connectivity index (χ3v) is 4.47. The second-order valence-electron chi connectivity index (χ2n) is 6.19. The van der Waals surface area contributed by atoms with Crippen LogP contribution in [0.5, 0.6) is 0 Å². The van der Waals surface area contributed by atoms with E-state index in [-0.39, 0.29) is 18.0 Å². The van der Waals surface area contributed by atoms with Crippen molar-refractivity contribution < 1.29 is 19.3 Å². The molecule has 2 bridgehead atoms. The molecule has 25 heavy (non-hydrogen) atoms. The molecule has 1 aromatic rings. The van der Waals surface area contributed by atoms with Gasteiger partial charge in [0.1, 0.15) is 12.6 Å². The van der Waals surface area contributed by atoms with Crippen LogP contribution in [0.15, 0.2) is 30.3 Å². The number of carbonyl (C=O) groups excluding carboxylic acids is 2. The Morgan fingerprint density at radius 2 is 2.08 bits per heavy atom. The minimum absolute atomic E-state index is 0.00882. The van der Waals surface area contributed by atoms with Crippen molar-refractivity contribution in [3.8, 4) is 0 Å². The van der Waals surface area contributed by atoms with Crippen molar-refractivity contribution in [2.24, 2.45) is 0 Å². The average molecular weight is 348 g/mol. The minimum atomic E-state index is -0.510. The summed E-state index contributed by atoms with van der Waals surface area (Å²) in [4.78, 5) is 37.3. The van der Waals surface area contributed by atoms with E-state index in [1.54, 1.807) is 11.9 Å². The molecule has 136 valence electrons. The Hall–Kier alpha value is -2.16. The number of fused-ring (bicyclic) bond motifs is 2. The number of nitrogens with zero attached hydrogens (tertiary/aromatic N) is 2. The predicted molar refractivity (Wildman–Crippen MR) is 90.0 cm³/mol. The first-order chi connectivity index (χ1) is 12.2. The lowest BCUT2D eigenvalue weighted by Crippen LogP contribution is -2.50. The molecule has 2 atom stereocenters. The molecule has 0 aliphatic carbocycles. The number of benzene rings is 1. The van der Waals surface area contributed by atoms with Crippen molar-refractivity contribution in [2.75, 3.05) is 26.7 Å².